The minimum absolute atomic E-state index is 0.0730. The largest absolute Gasteiger partial charge is 0.398 e. The predicted molar refractivity (Wildman–Crippen MR) is 56.7 cm³/mol. The van der Waals surface area contributed by atoms with Crippen molar-refractivity contribution >= 4 is 26.7 Å². The van der Waals surface area contributed by atoms with Crippen LogP contribution in [0.4, 0.5) is 9.57 Å². The van der Waals surface area contributed by atoms with Gasteiger partial charge in [-0.3, -0.25) is 0 Å². The summed E-state index contributed by atoms with van der Waals surface area (Å²) in [6, 6.07) is 9.64. The molecule has 0 saturated heterocycles. The van der Waals surface area contributed by atoms with Crippen molar-refractivity contribution < 1.29 is 12.3 Å². The van der Waals surface area contributed by atoms with Crippen molar-refractivity contribution in [3.05, 3.63) is 36.4 Å². The topological polar surface area (TPSA) is 60.2 Å². The third-order valence-corrected chi connectivity index (χ3v) is 3.10. The predicted octanol–water partition coefficient (Wildman–Crippen LogP) is 2.08. The molecule has 3 nitrogen and oxygen atoms in total. The summed E-state index contributed by atoms with van der Waals surface area (Å²) >= 11 is 0. The summed E-state index contributed by atoms with van der Waals surface area (Å²) in [6.07, 6.45) is 0. The molecule has 0 unspecified atom stereocenters. The molecule has 2 rings (SSSR count). The first-order valence-electron chi connectivity index (χ1n) is 4.22. The maximum atomic E-state index is 13.0. The van der Waals surface area contributed by atoms with Gasteiger partial charge < -0.3 is 5.73 Å². The minimum atomic E-state index is -4.79. The zero-order chi connectivity index (χ0) is 11.1. The van der Waals surface area contributed by atoms with Gasteiger partial charge in [-0.2, -0.15) is 8.42 Å². The Hall–Kier alpha value is -1.62. The number of halogens is 1. The van der Waals surface area contributed by atoms with Crippen LogP contribution in [-0.2, 0) is 10.2 Å². The number of nitrogen functional groups attached to an aromatic ring is 1. The fraction of sp³-hybridized carbons (Fsp3) is 0. The fourth-order valence-electron chi connectivity index (χ4n) is 1.53. The van der Waals surface area contributed by atoms with Gasteiger partial charge in [0.25, 0.3) is 0 Å². The molecule has 0 aliphatic rings. The van der Waals surface area contributed by atoms with Crippen LogP contribution >= 0.6 is 0 Å². The van der Waals surface area contributed by atoms with Gasteiger partial charge in [0.05, 0.1) is 5.69 Å². The van der Waals surface area contributed by atoms with Gasteiger partial charge in [-0.05, 0) is 11.5 Å². The standard InChI is InChI=1S/C10H8FNO2S/c11-15(13,14)10-8-4-2-1-3-7(8)5-6-9(10)12/h1-6H,12H2. The molecule has 0 fully saturated rings. The Morgan fingerprint density at radius 1 is 1.07 bits per heavy atom. The van der Waals surface area contributed by atoms with E-state index in [-0.39, 0.29) is 5.69 Å². The van der Waals surface area contributed by atoms with Crippen LogP contribution in [0.15, 0.2) is 41.3 Å². The maximum Gasteiger partial charge on any atom is 0.334 e. The van der Waals surface area contributed by atoms with Crippen LogP contribution in [0.3, 0.4) is 0 Å². The van der Waals surface area contributed by atoms with E-state index in [1.807, 2.05) is 0 Å². The van der Waals surface area contributed by atoms with E-state index in [0.29, 0.717) is 10.8 Å². The van der Waals surface area contributed by atoms with Gasteiger partial charge in [0.15, 0.2) is 0 Å². The molecule has 0 saturated carbocycles. The second-order valence-electron chi connectivity index (χ2n) is 3.14. The van der Waals surface area contributed by atoms with E-state index in [1.165, 1.54) is 12.1 Å². The summed E-state index contributed by atoms with van der Waals surface area (Å²) in [5.41, 5.74) is 5.38. The second-order valence-corrected chi connectivity index (χ2v) is 4.43. The lowest BCUT2D eigenvalue weighted by molar-refractivity contribution is 0.553. The van der Waals surface area contributed by atoms with Gasteiger partial charge in [-0.25, -0.2) is 0 Å². The van der Waals surface area contributed by atoms with Gasteiger partial charge in [-0.15, -0.1) is 3.89 Å². The molecule has 0 radical (unpaired) electrons. The molecule has 2 aromatic carbocycles. The zero-order valence-corrected chi connectivity index (χ0v) is 8.46. The van der Waals surface area contributed by atoms with Crippen LogP contribution in [-0.4, -0.2) is 8.42 Å². The third-order valence-electron chi connectivity index (χ3n) is 2.15. The SMILES string of the molecule is Nc1ccc2ccccc2c1S(=O)(=O)F. The van der Waals surface area contributed by atoms with Crippen LogP contribution in [0, 0.1) is 0 Å². The molecule has 0 aliphatic carbocycles. The summed E-state index contributed by atoms with van der Waals surface area (Å²) in [4.78, 5) is -0.444. The Morgan fingerprint density at radius 3 is 2.40 bits per heavy atom. The average molecular weight is 225 g/mol. The second kappa shape index (κ2) is 3.20. The Kier molecular flexibility index (Phi) is 2.12. The highest BCUT2D eigenvalue weighted by atomic mass is 32.3. The van der Waals surface area contributed by atoms with Crippen molar-refractivity contribution in [3.8, 4) is 0 Å². The summed E-state index contributed by atoms with van der Waals surface area (Å²) < 4.78 is 34.8. The fourth-order valence-corrected chi connectivity index (χ4v) is 2.33. The molecule has 0 aliphatic heterocycles. The van der Waals surface area contributed by atoms with E-state index in [9.17, 15) is 12.3 Å². The monoisotopic (exact) mass is 225 g/mol. The lowest BCUT2D eigenvalue weighted by Crippen LogP contribution is -1.99. The van der Waals surface area contributed by atoms with Gasteiger partial charge in [0.1, 0.15) is 4.90 Å². The Morgan fingerprint density at radius 2 is 1.73 bits per heavy atom. The van der Waals surface area contributed by atoms with Gasteiger partial charge >= 0.3 is 10.2 Å². The van der Waals surface area contributed by atoms with E-state index >= 15 is 0 Å². The van der Waals surface area contributed by atoms with Crippen LogP contribution in [0.25, 0.3) is 10.8 Å². The maximum absolute atomic E-state index is 13.0. The van der Waals surface area contributed by atoms with Crippen LogP contribution in [0.2, 0.25) is 0 Å². The van der Waals surface area contributed by atoms with E-state index < -0.39 is 15.1 Å². The first kappa shape index (κ1) is 9.92. The van der Waals surface area contributed by atoms with Crippen molar-refractivity contribution in [2.75, 3.05) is 5.73 Å². The quantitative estimate of drug-likeness (QED) is 0.597. The highest BCUT2D eigenvalue weighted by Crippen LogP contribution is 2.29. The van der Waals surface area contributed by atoms with Crippen molar-refractivity contribution in [1.82, 2.24) is 0 Å². The van der Waals surface area contributed by atoms with Crippen molar-refractivity contribution in [2.45, 2.75) is 4.90 Å². The highest BCUT2D eigenvalue weighted by Gasteiger charge is 2.19. The average Bonchev–Trinajstić information content (AvgIpc) is 2.15. The Balaban J connectivity index is 2.99. The molecule has 0 spiro atoms. The number of rotatable bonds is 1. The molecule has 2 N–H and O–H groups in total. The van der Waals surface area contributed by atoms with E-state index in [4.69, 9.17) is 5.73 Å². The normalized spacial score (nSPS) is 11.8. The molecule has 0 bridgehead atoms. The molecule has 15 heavy (non-hydrogen) atoms. The van der Waals surface area contributed by atoms with Crippen LogP contribution in [0.1, 0.15) is 0 Å². The molecular weight excluding hydrogens is 217 g/mol. The van der Waals surface area contributed by atoms with Crippen molar-refractivity contribution in [2.24, 2.45) is 0 Å². The highest BCUT2D eigenvalue weighted by molar-refractivity contribution is 7.86. The molecule has 0 atom stereocenters. The first-order chi connectivity index (χ1) is 7.00. The van der Waals surface area contributed by atoms with E-state index in [0.717, 1.165) is 0 Å². The minimum Gasteiger partial charge on any atom is -0.398 e. The van der Waals surface area contributed by atoms with Crippen molar-refractivity contribution in [3.63, 3.8) is 0 Å². The zero-order valence-electron chi connectivity index (χ0n) is 7.64. The lowest BCUT2D eigenvalue weighted by atomic mass is 10.1. The molecule has 0 aromatic heterocycles. The number of anilines is 1. The summed E-state index contributed by atoms with van der Waals surface area (Å²) in [7, 11) is -4.79. The number of hydrogen-bond acceptors (Lipinski definition) is 3. The Bertz CT molecular complexity index is 622. The van der Waals surface area contributed by atoms with Gasteiger partial charge in [0, 0.05) is 5.39 Å². The summed E-state index contributed by atoms with van der Waals surface area (Å²) in [5, 5.41) is 0.947. The van der Waals surface area contributed by atoms with Crippen LogP contribution < -0.4 is 5.73 Å². The molecular formula is C10H8FNO2S. The molecule has 0 amide bonds. The molecule has 0 heterocycles. The smallest absolute Gasteiger partial charge is 0.334 e. The number of benzene rings is 2. The summed E-state index contributed by atoms with van der Waals surface area (Å²) in [5.74, 6) is 0. The van der Waals surface area contributed by atoms with Crippen LogP contribution in [0.5, 0.6) is 0 Å². The van der Waals surface area contributed by atoms with Gasteiger partial charge in [0.2, 0.25) is 0 Å². The Labute approximate surface area is 86.5 Å². The lowest BCUT2D eigenvalue weighted by Gasteiger charge is -2.05. The molecule has 78 valence electrons. The number of fused-ring (bicyclic) bond motifs is 1. The number of hydrogen-bond donors (Lipinski definition) is 1. The van der Waals surface area contributed by atoms with Crippen molar-refractivity contribution in [1.29, 1.82) is 0 Å². The van der Waals surface area contributed by atoms with E-state index in [2.05, 4.69) is 0 Å². The molecule has 2 aromatic rings. The third kappa shape index (κ3) is 1.66. The molecule has 5 heteroatoms. The first-order valence-corrected chi connectivity index (χ1v) is 5.60. The summed E-state index contributed by atoms with van der Waals surface area (Å²) in [6.45, 7) is 0. The van der Waals surface area contributed by atoms with Gasteiger partial charge in [-0.1, -0.05) is 30.3 Å². The van der Waals surface area contributed by atoms with E-state index in [1.54, 1.807) is 24.3 Å². The number of nitrogens with two attached hydrogens (primary N) is 1.